The molecule has 0 aliphatic carbocycles. The lowest BCUT2D eigenvalue weighted by Gasteiger charge is -2.32. The van der Waals surface area contributed by atoms with Gasteiger partial charge in [-0.2, -0.15) is 5.10 Å². The van der Waals surface area contributed by atoms with E-state index in [0.29, 0.717) is 4.90 Å². The summed E-state index contributed by atoms with van der Waals surface area (Å²) in [5.74, 6) is 0.185. The van der Waals surface area contributed by atoms with E-state index < -0.39 is 9.84 Å². The van der Waals surface area contributed by atoms with Gasteiger partial charge in [-0.25, -0.2) is 13.4 Å². The summed E-state index contributed by atoms with van der Waals surface area (Å²) in [6.45, 7) is 2.68. The Morgan fingerprint density at radius 3 is 3.10 bits per heavy atom. The molecule has 0 aromatic carbocycles. The maximum atomic E-state index is 11.8. The Kier molecular flexibility index (Phi) is 4.10. The first-order chi connectivity index (χ1) is 10.0. The van der Waals surface area contributed by atoms with Gasteiger partial charge in [0.25, 0.3) is 0 Å². The lowest BCUT2D eigenvalue weighted by Crippen LogP contribution is -2.34. The number of sulfone groups is 1. The molecule has 0 bridgehead atoms. The molecule has 2 aromatic rings. The van der Waals surface area contributed by atoms with Crippen molar-refractivity contribution in [3.8, 4) is 0 Å². The Labute approximate surface area is 128 Å². The molecule has 1 aliphatic rings. The van der Waals surface area contributed by atoms with Gasteiger partial charge in [0, 0.05) is 30.6 Å². The van der Waals surface area contributed by atoms with Crippen molar-refractivity contribution in [2.24, 2.45) is 0 Å². The van der Waals surface area contributed by atoms with Gasteiger partial charge in [0.1, 0.15) is 4.90 Å². The molecule has 1 N–H and O–H groups in total. The van der Waals surface area contributed by atoms with Crippen LogP contribution in [0.2, 0.25) is 0 Å². The molecule has 2 aromatic heterocycles. The van der Waals surface area contributed by atoms with Crippen LogP contribution >= 0.6 is 11.3 Å². The normalized spacial score (nSPS) is 20.7. The third-order valence-corrected chi connectivity index (χ3v) is 5.57. The zero-order chi connectivity index (χ0) is 14.9. The molecule has 1 atom stereocenters. The van der Waals surface area contributed by atoms with Gasteiger partial charge in [-0.1, -0.05) is 0 Å². The number of nitrogens with one attached hydrogen (secondary N) is 1. The number of piperidine rings is 1. The molecule has 0 radical (unpaired) electrons. The highest BCUT2D eigenvalue weighted by atomic mass is 32.2. The Balaban J connectivity index is 1.76. The van der Waals surface area contributed by atoms with E-state index in [1.54, 1.807) is 11.3 Å². The molecular weight excluding hydrogens is 308 g/mol. The Morgan fingerprint density at radius 2 is 2.38 bits per heavy atom. The van der Waals surface area contributed by atoms with Crippen molar-refractivity contribution in [3.63, 3.8) is 0 Å². The van der Waals surface area contributed by atoms with Crippen molar-refractivity contribution >= 4 is 21.2 Å². The highest BCUT2D eigenvalue weighted by Gasteiger charge is 2.27. The van der Waals surface area contributed by atoms with E-state index in [4.69, 9.17) is 0 Å². The van der Waals surface area contributed by atoms with E-state index in [9.17, 15) is 8.42 Å². The van der Waals surface area contributed by atoms with E-state index in [1.165, 1.54) is 12.5 Å². The van der Waals surface area contributed by atoms with E-state index >= 15 is 0 Å². The number of likely N-dealkylation sites (tertiary alicyclic amines) is 1. The molecule has 0 spiro atoms. The maximum Gasteiger partial charge on any atom is 0.178 e. The Morgan fingerprint density at radius 1 is 1.52 bits per heavy atom. The first-order valence-corrected chi connectivity index (χ1v) is 9.70. The number of nitrogens with zero attached hydrogens (tertiary/aromatic N) is 3. The van der Waals surface area contributed by atoms with Gasteiger partial charge in [0.15, 0.2) is 9.84 Å². The molecule has 0 saturated carbocycles. The molecule has 21 heavy (non-hydrogen) atoms. The van der Waals surface area contributed by atoms with Crippen LogP contribution < -0.4 is 0 Å². The SMILES string of the molecule is CS(=O)(=O)c1cn[nH]c1[C@@H]1CCCN(Cc2cscn2)C1. The van der Waals surface area contributed by atoms with Gasteiger partial charge < -0.3 is 0 Å². The number of aromatic amines is 1. The van der Waals surface area contributed by atoms with Crippen LogP contribution in [0.3, 0.4) is 0 Å². The third kappa shape index (κ3) is 3.33. The smallest absolute Gasteiger partial charge is 0.178 e. The van der Waals surface area contributed by atoms with E-state index in [2.05, 4.69) is 25.5 Å². The minimum atomic E-state index is -3.23. The van der Waals surface area contributed by atoms with Crippen molar-refractivity contribution in [1.82, 2.24) is 20.1 Å². The summed E-state index contributed by atoms with van der Waals surface area (Å²) in [5.41, 5.74) is 3.67. The molecule has 3 heterocycles. The Hall–Kier alpha value is -1.25. The van der Waals surface area contributed by atoms with Gasteiger partial charge in [0.2, 0.25) is 0 Å². The molecule has 8 heteroatoms. The van der Waals surface area contributed by atoms with Crippen LogP contribution in [0.1, 0.15) is 30.1 Å². The number of aromatic nitrogens is 3. The lowest BCUT2D eigenvalue weighted by atomic mass is 9.95. The zero-order valence-electron chi connectivity index (χ0n) is 11.8. The monoisotopic (exact) mass is 326 g/mol. The minimum absolute atomic E-state index is 0.185. The predicted octanol–water partition coefficient (Wildman–Crippen LogP) is 1.65. The molecule has 114 valence electrons. The lowest BCUT2D eigenvalue weighted by molar-refractivity contribution is 0.195. The first kappa shape index (κ1) is 14.7. The molecule has 1 saturated heterocycles. The highest BCUT2D eigenvalue weighted by molar-refractivity contribution is 7.90. The molecule has 3 rings (SSSR count). The second-order valence-corrected chi connectivity index (χ2v) is 8.18. The van der Waals surface area contributed by atoms with Crippen LogP contribution in [0.5, 0.6) is 0 Å². The number of H-pyrrole nitrogens is 1. The van der Waals surface area contributed by atoms with E-state index in [1.807, 2.05) is 5.51 Å². The third-order valence-electron chi connectivity index (χ3n) is 3.81. The Bertz CT molecular complexity index is 694. The fraction of sp³-hybridized carbons (Fsp3) is 0.538. The topological polar surface area (TPSA) is 79.0 Å². The van der Waals surface area contributed by atoms with Crippen LogP contribution in [0.4, 0.5) is 0 Å². The maximum absolute atomic E-state index is 11.8. The fourth-order valence-corrected chi connectivity index (χ4v) is 4.26. The van der Waals surface area contributed by atoms with Crippen LogP contribution in [0, 0.1) is 0 Å². The highest BCUT2D eigenvalue weighted by Crippen LogP contribution is 2.30. The van der Waals surface area contributed by atoms with Crippen molar-refractivity contribution in [1.29, 1.82) is 0 Å². The predicted molar refractivity (Wildman–Crippen MR) is 81.1 cm³/mol. The molecule has 6 nitrogen and oxygen atoms in total. The van der Waals surface area contributed by atoms with Crippen LogP contribution in [0.15, 0.2) is 22.0 Å². The quantitative estimate of drug-likeness (QED) is 0.924. The minimum Gasteiger partial charge on any atom is -0.297 e. The van der Waals surface area contributed by atoms with Crippen LogP contribution in [-0.4, -0.2) is 47.8 Å². The van der Waals surface area contributed by atoms with Crippen molar-refractivity contribution < 1.29 is 8.42 Å². The van der Waals surface area contributed by atoms with Crippen molar-refractivity contribution in [2.45, 2.75) is 30.2 Å². The average molecular weight is 326 g/mol. The largest absolute Gasteiger partial charge is 0.297 e. The standard InChI is InChI=1S/C13H18N4O2S2/c1-21(18,19)12-5-15-16-13(12)10-3-2-4-17(6-10)7-11-8-20-9-14-11/h5,8-10H,2-4,6-7H2,1H3,(H,15,16)/t10-/m1/s1. The number of thiazole rings is 1. The molecule has 0 unspecified atom stereocenters. The van der Waals surface area contributed by atoms with Gasteiger partial charge in [-0.05, 0) is 19.4 Å². The second-order valence-electron chi connectivity index (χ2n) is 5.47. The van der Waals surface area contributed by atoms with Crippen molar-refractivity contribution in [3.05, 3.63) is 28.5 Å². The summed E-state index contributed by atoms with van der Waals surface area (Å²) < 4.78 is 23.6. The summed E-state index contributed by atoms with van der Waals surface area (Å²) >= 11 is 1.60. The second kappa shape index (κ2) is 5.86. The fourth-order valence-electron chi connectivity index (χ4n) is 2.85. The molecule has 1 aliphatic heterocycles. The summed E-state index contributed by atoms with van der Waals surface area (Å²) in [5, 5.41) is 8.88. The van der Waals surface area contributed by atoms with E-state index in [0.717, 1.165) is 43.9 Å². The number of rotatable bonds is 4. The number of hydrogen-bond donors (Lipinski definition) is 1. The van der Waals surface area contributed by atoms with E-state index in [-0.39, 0.29) is 5.92 Å². The van der Waals surface area contributed by atoms with Crippen LogP contribution in [0.25, 0.3) is 0 Å². The van der Waals surface area contributed by atoms with Crippen molar-refractivity contribution in [2.75, 3.05) is 19.3 Å². The molecular formula is C13H18N4O2S2. The zero-order valence-corrected chi connectivity index (χ0v) is 13.5. The van der Waals surface area contributed by atoms with Crippen LogP contribution in [-0.2, 0) is 16.4 Å². The van der Waals surface area contributed by atoms with Gasteiger partial charge in [-0.15, -0.1) is 11.3 Å². The molecule has 1 fully saturated rings. The van der Waals surface area contributed by atoms with Gasteiger partial charge in [0.05, 0.1) is 23.1 Å². The van der Waals surface area contributed by atoms with Gasteiger partial charge in [-0.3, -0.25) is 10.00 Å². The number of hydrogen-bond acceptors (Lipinski definition) is 6. The first-order valence-electron chi connectivity index (χ1n) is 6.87. The molecule has 0 amide bonds. The summed E-state index contributed by atoms with van der Waals surface area (Å²) in [7, 11) is -3.23. The average Bonchev–Trinajstić information content (AvgIpc) is 3.08. The summed E-state index contributed by atoms with van der Waals surface area (Å²) in [4.78, 5) is 6.98. The summed E-state index contributed by atoms with van der Waals surface area (Å²) in [6, 6.07) is 0. The summed E-state index contributed by atoms with van der Waals surface area (Å²) in [6.07, 6.45) is 4.69. The van der Waals surface area contributed by atoms with Gasteiger partial charge >= 0.3 is 0 Å².